The van der Waals surface area contributed by atoms with Gasteiger partial charge in [0.2, 0.25) is 10.0 Å². The molecule has 0 aliphatic carbocycles. The van der Waals surface area contributed by atoms with Crippen LogP contribution in [-0.4, -0.2) is 50.8 Å². The summed E-state index contributed by atoms with van der Waals surface area (Å²) in [4.78, 5) is 2.65. The summed E-state index contributed by atoms with van der Waals surface area (Å²) < 4.78 is 25.9. The highest BCUT2D eigenvalue weighted by atomic mass is 32.2. The Bertz CT molecular complexity index is 467. The van der Waals surface area contributed by atoms with Gasteiger partial charge in [0.05, 0.1) is 4.90 Å². The van der Waals surface area contributed by atoms with Crippen LogP contribution < -0.4 is 0 Å². The molecule has 1 aliphatic rings. The molecule has 1 heterocycles. The predicted molar refractivity (Wildman–Crippen MR) is 70.8 cm³/mol. The van der Waals surface area contributed by atoms with Crippen LogP contribution in [0.5, 0.6) is 0 Å². The lowest BCUT2D eigenvalue weighted by Gasteiger charge is -2.21. The minimum Gasteiger partial charge on any atom is -0.302 e. The van der Waals surface area contributed by atoms with Gasteiger partial charge in [-0.2, -0.15) is 4.31 Å². The second kappa shape index (κ2) is 5.82. The molecule has 1 fully saturated rings. The molecule has 0 atom stereocenters. The molecule has 4 nitrogen and oxygen atoms in total. The van der Waals surface area contributed by atoms with Crippen LogP contribution in [0.15, 0.2) is 29.2 Å². The molecule has 1 aromatic carbocycles. The number of hydrogen-bond acceptors (Lipinski definition) is 3. The highest BCUT2D eigenvalue weighted by molar-refractivity contribution is 7.89. The molecule has 5 heteroatoms. The standard InChI is InChI=1S/C13H19N2O2S/c1-14(11-12-15-9-5-6-10-15)18(16,17)13-7-3-2-4-8-13/h3-4,7-8H,5-6,9-12H2,1H3. The van der Waals surface area contributed by atoms with Crippen molar-refractivity contribution < 1.29 is 8.42 Å². The molecule has 1 radical (unpaired) electrons. The van der Waals surface area contributed by atoms with E-state index in [9.17, 15) is 8.42 Å². The van der Waals surface area contributed by atoms with Gasteiger partial charge >= 0.3 is 0 Å². The summed E-state index contributed by atoms with van der Waals surface area (Å²) >= 11 is 0. The fourth-order valence-electron chi connectivity index (χ4n) is 2.13. The maximum Gasteiger partial charge on any atom is 0.242 e. The Labute approximate surface area is 109 Å². The van der Waals surface area contributed by atoms with Gasteiger partial charge in [-0.3, -0.25) is 0 Å². The Morgan fingerprint density at radius 1 is 1.28 bits per heavy atom. The third-order valence-corrected chi connectivity index (χ3v) is 5.20. The maximum atomic E-state index is 12.2. The monoisotopic (exact) mass is 267 g/mol. The van der Waals surface area contributed by atoms with E-state index in [4.69, 9.17) is 0 Å². The van der Waals surface area contributed by atoms with E-state index >= 15 is 0 Å². The molecule has 0 bridgehead atoms. The Kier molecular flexibility index (Phi) is 4.37. The van der Waals surface area contributed by atoms with Gasteiger partial charge in [0.25, 0.3) is 0 Å². The minimum atomic E-state index is -3.34. The highest BCUT2D eigenvalue weighted by Gasteiger charge is 2.21. The van der Waals surface area contributed by atoms with Crippen LogP contribution in [-0.2, 0) is 10.0 Å². The SMILES string of the molecule is CN(CCN1CCCC1)S(=O)(=O)c1cc[c]cc1. The molecule has 0 N–H and O–H groups in total. The number of benzene rings is 1. The van der Waals surface area contributed by atoms with Crippen molar-refractivity contribution in [2.45, 2.75) is 17.7 Å². The Balaban J connectivity index is 1.97. The summed E-state index contributed by atoms with van der Waals surface area (Å²) in [5.41, 5.74) is 0. The number of rotatable bonds is 5. The lowest BCUT2D eigenvalue weighted by Crippen LogP contribution is -2.35. The summed E-state index contributed by atoms with van der Waals surface area (Å²) in [5.74, 6) is 0. The van der Waals surface area contributed by atoms with Gasteiger partial charge in [0.1, 0.15) is 0 Å². The normalized spacial score (nSPS) is 17.4. The molecule has 0 spiro atoms. The van der Waals surface area contributed by atoms with Crippen LogP contribution >= 0.6 is 0 Å². The highest BCUT2D eigenvalue weighted by Crippen LogP contribution is 2.14. The Hall–Kier alpha value is -0.910. The Morgan fingerprint density at radius 3 is 2.50 bits per heavy atom. The van der Waals surface area contributed by atoms with Gasteiger partial charge in [-0.25, -0.2) is 8.42 Å². The average molecular weight is 267 g/mol. The second-order valence-corrected chi connectivity index (χ2v) is 6.66. The zero-order chi connectivity index (χ0) is 13.0. The van der Waals surface area contributed by atoms with E-state index in [1.165, 1.54) is 17.1 Å². The number of likely N-dealkylation sites (N-methyl/N-ethyl adjacent to an activating group) is 1. The van der Waals surface area contributed by atoms with Crippen molar-refractivity contribution in [1.82, 2.24) is 9.21 Å². The smallest absolute Gasteiger partial charge is 0.242 e. The quantitative estimate of drug-likeness (QED) is 0.805. The molecule has 0 amide bonds. The van der Waals surface area contributed by atoms with Crippen LogP contribution in [0.3, 0.4) is 0 Å². The molecule has 0 aromatic heterocycles. The molecule has 18 heavy (non-hydrogen) atoms. The molecule has 2 rings (SSSR count). The second-order valence-electron chi connectivity index (χ2n) is 4.61. The van der Waals surface area contributed by atoms with Crippen molar-refractivity contribution in [3.63, 3.8) is 0 Å². The fourth-order valence-corrected chi connectivity index (χ4v) is 3.29. The number of likely N-dealkylation sites (tertiary alicyclic amines) is 1. The zero-order valence-corrected chi connectivity index (χ0v) is 11.5. The van der Waals surface area contributed by atoms with Crippen LogP contribution in [0.25, 0.3) is 0 Å². The first kappa shape index (κ1) is 13.5. The lowest BCUT2D eigenvalue weighted by atomic mass is 10.4. The largest absolute Gasteiger partial charge is 0.302 e. The number of nitrogens with zero attached hydrogens (tertiary/aromatic N) is 2. The molecule has 1 aliphatic heterocycles. The van der Waals surface area contributed by atoms with Crippen LogP contribution in [0.4, 0.5) is 0 Å². The van der Waals surface area contributed by atoms with Gasteiger partial charge in [-0.15, -0.1) is 0 Å². The van der Waals surface area contributed by atoms with Crippen molar-refractivity contribution in [3.8, 4) is 0 Å². The summed E-state index contributed by atoms with van der Waals surface area (Å²) in [6.45, 7) is 3.54. The summed E-state index contributed by atoms with van der Waals surface area (Å²) in [6, 6.07) is 9.25. The minimum absolute atomic E-state index is 0.338. The van der Waals surface area contributed by atoms with Crippen molar-refractivity contribution in [2.24, 2.45) is 0 Å². The first-order valence-corrected chi connectivity index (χ1v) is 7.69. The molecule has 1 saturated heterocycles. The Morgan fingerprint density at radius 2 is 1.89 bits per heavy atom. The van der Waals surface area contributed by atoms with Crippen molar-refractivity contribution in [2.75, 3.05) is 33.2 Å². The molecule has 0 saturated carbocycles. The molecule has 0 unspecified atom stereocenters. The van der Waals surface area contributed by atoms with Crippen LogP contribution in [0.2, 0.25) is 0 Å². The average Bonchev–Trinajstić information content (AvgIpc) is 2.90. The number of sulfonamides is 1. The number of hydrogen-bond donors (Lipinski definition) is 0. The van der Waals surface area contributed by atoms with E-state index in [1.807, 2.05) is 0 Å². The van der Waals surface area contributed by atoms with E-state index in [0.717, 1.165) is 19.6 Å². The van der Waals surface area contributed by atoms with Crippen molar-refractivity contribution in [1.29, 1.82) is 0 Å². The van der Waals surface area contributed by atoms with Gasteiger partial charge in [0, 0.05) is 20.1 Å². The first-order chi connectivity index (χ1) is 8.60. The van der Waals surface area contributed by atoms with Crippen molar-refractivity contribution in [3.05, 3.63) is 30.3 Å². The topological polar surface area (TPSA) is 40.6 Å². The maximum absolute atomic E-state index is 12.2. The molecule has 1 aromatic rings. The van der Waals surface area contributed by atoms with Gasteiger partial charge in [0.15, 0.2) is 0 Å². The van der Waals surface area contributed by atoms with Gasteiger partial charge in [-0.1, -0.05) is 12.1 Å². The van der Waals surface area contributed by atoms with E-state index < -0.39 is 10.0 Å². The van der Waals surface area contributed by atoms with E-state index in [-0.39, 0.29) is 0 Å². The summed E-state index contributed by atoms with van der Waals surface area (Å²) in [5, 5.41) is 0. The predicted octanol–water partition coefficient (Wildman–Crippen LogP) is 1.20. The first-order valence-electron chi connectivity index (χ1n) is 6.25. The third kappa shape index (κ3) is 3.10. The van der Waals surface area contributed by atoms with E-state index in [0.29, 0.717) is 11.4 Å². The fraction of sp³-hybridized carbons (Fsp3) is 0.538. The van der Waals surface area contributed by atoms with Gasteiger partial charge in [-0.05, 0) is 44.1 Å². The third-order valence-electron chi connectivity index (χ3n) is 3.33. The zero-order valence-electron chi connectivity index (χ0n) is 10.7. The molecule has 99 valence electrons. The van der Waals surface area contributed by atoms with Gasteiger partial charge < -0.3 is 4.90 Å². The van der Waals surface area contributed by atoms with Crippen LogP contribution in [0.1, 0.15) is 12.8 Å². The summed E-state index contributed by atoms with van der Waals surface area (Å²) in [6.07, 6.45) is 2.45. The van der Waals surface area contributed by atoms with E-state index in [2.05, 4.69) is 11.0 Å². The van der Waals surface area contributed by atoms with E-state index in [1.54, 1.807) is 31.3 Å². The van der Waals surface area contributed by atoms with Crippen LogP contribution in [0, 0.1) is 6.07 Å². The molecular formula is C13H19N2O2S. The summed E-state index contributed by atoms with van der Waals surface area (Å²) in [7, 11) is -1.70. The van der Waals surface area contributed by atoms with Crippen molar-refractivity contribution >= 4 is 10.0 Å². The lowest BCUT2D eigenvalue weighted by molar-refractivity contribution is 0.310. The molecular weight excluding hydrogens is 248 g/mol.